The molecule has 0 saturated carbocycles. The Morgan fingerprint density at radius 3 is 2.22 bits per heavy atom. The molecular formula is C16H21NO5S. The van der Waals surface area contributed by atoms with Gasteiger partial charge < -0.3 is 15.1 Å². The van der Waals surface area contributed by atoms with E-state index in [4.69, 9.17) is 0 Å². The van der Waals surface area contributed by atoms with Crippen molar-refractivity contribution in [1.29, 1.82) is 0 Å². The van der Waals surface area contributed by atoms with Crippen molar-refractivity contribution in [2.45, 2.75) is 30.4 Å². The maximum absolute atomic E-state index is 11.5. The van der Waals surface area contributed by atoms with Gasteiger partial charge in [-0.15, -0.1) is 0 Å². The van der Waals surface area contributed by atoms with Crippen LogP contribution in [0.1, 0.15) is 13.3 Å². The number of anilines is 1. The minimum Gasteiger partial charge on any atom is -0.390 e. The van der Waals surface area contributed by atoms with Crippen molar-refractivity contribution in [3.63, 3.8) is 0 Å². The van der Waals surface area contributed by atoms with Gasteiger partial charge in [-0.05, 0) is 18.6 Å². The molecule has 0 saturated heterocycles. The molecule has 0 aliphatic rings. The van der Waals surface area contributed by atoms with Crippen molar-refractivity contribution < 1.29 is 23.2 Å². The Hall–Kier alpha value is -1.67. The second kappa shape index (κ2) is 6.84. The predicted molar refractivity (Wildman–Crippen MR) is 89.3 cm³/mol. The van der Waals surface area contributed by atoms with Crippen molar-refractivity contribution >= 4 is 26.6 Å². The van der Waals surface area contributed by atoms with Gasteiger partial charge in [0.05, 0.1) is 12.2 Å². The van der Waals surface area contributed by atoms with E-state index in [9.17, 15) is 23.2 Å². The van der Waals surface area contributed by atoms with Gasteiger partial charge in [0.15, 0.2) is 0 Å². The fraction of sp³-hybridized carbons (Fsp3) is 0.375. The third-order valence-electron chi connectivity index (χ3n) is 3.87. The second-order valence-corrected chi connectivity index (χ2v) is 6.92. The monoisotopic (exact) mass is 339 g/mol. The van der Waals surface area contributed by atoms with Gasteiger partial charge in [-0.3, -0.25) is 4.55 Å². The van der Waals surface area contributed by atoms with E-state index >= 15 is 0 Å². The molecule has 0 amide bonds. The van der Waals surface area contributed by atoms with Crippen LogP contribution in [0, 0.1) is 0 Å². The highest BCUT2D eigenvalue weighted by atomic mass is 32.2. The number of likely N-dealkylation sites (N-methyl/N-ethyl adjacent to an activating group) is 1. The summed E-state index contributed by atoms with van der Waals surface area (Å²) in [4.78, 5) is 1.60. The van der Waals surface area contributed by atoms with E-state index in [0.717, 1.165) is 0 Å². The van der Waals surface area contributed by atoms with E-state index in [0.29, 0.717) is 22.9 Å². The Morgan fingerprint density at radius 2 is 1.65 bits per heavy atom. The molecule has 0 aromatic heterocycles. The van der Waals surface area contributed by atoms with Gasteiger partial charge in [-0.2, -0.15) is 8.42 Å². The number of hydrogen-bond acceptors (Lipinski definition) is 5. The minimum atomic E-state index is -4.32. The molecule has 126 valence electrons. The Kier molecular flexibility index (Phi) is 5.26. The number of benzene rings is 2. The van der Waals surface area contributed by atoms with Crippen LogP contribution in [0.4, 0.5) is 5.69 Å². The Bertz CT molecular complexity index is 790. The lowest BCUT2D eigenvalue weighted by molar-refractivity contribution is 0.0228. The van der Waals surface area contributed by atoms with E-state index in [1.165, 1.54) is 6.07 Å². The zero-order chi connectivity index (χ0) is 17.2. The number of aliphatic hydroxyl groups excluding tert-OH is 2. The van der Waals surface area contributed by atoms with Gasteiger partial charge in [0.25, 0.3) is 10.1 Å². The topological polar surface area (TPSA) is 98.1 Å². The first kappa shape index (κ1) is 17.7. The minimum absolute atomic E-state index is 0.153. The molecule has 2 atom stereocenters. The Labute approximate surface area is 135 Å². The molecule has 0 aliphatic heterocycles. The summed E-state index contributed by atoms with van der Waals surface area (Å²) in [7, 11) is -2.57. The first-order valence-electron chi connectivity index (χ1n) is 7.32. The predicted octanol–water partition coefficient (Wildman–Crippen LogP) is 1.65. The third-order valence-corrected chi connectivity index (χ3v) is 4.79. The van der Waals surface area contributed by atoms with Crippen molar-refractivity contribution in [3.8, 4) is 0 Å². The molecule has 0 bridgehead atoms. The first-order chi connectivity index (χ1) is 10.8. The highest BCUT2D eigenvalue weighted by Crippen LogP contribution is 2.31. The van der Waals surface area contributed by atoms with Crippen LogP contribution in [-0.2, 0) is 10.1 Å². The van der Waals surface area contributed by atoms with Crippen LogP contribution < -0.4 is 4.90 Å². The van der Waals surface area contributed by atoms with E-state index in [1.807, 2.05) is 0 Å². The normalized spacial score (nSPS) is 14.7. The average Bonchev–Trinajstić information content (AvgIpc) is 2.51. The zero-order valence-electron chi connectivity index (χ0n) is 13.0. The Morgan fingerprint density at radius 1 is 1.04 bits per heavy atom. The smallest absolute Gasteiger partial charge is 0.295 e. The maximum atomic E-state index is 11.5. The Balaban J connectivity index is 2.47. The number of fused-ring (bicyclic) bond motifs is 1. The summed E-state index contributed by atoms with van der Waals surface area (Å²) in [5.74, 6) is 0. The molecule has 0 heterocycles. The summed E-state index contributed by atoms with van der Waals surface area (Å²) < 4.78 is 32.4. The molecule has 0 fully saturated rings. The molecule has 2 aromatic rings. The van der Waals surface area contributed by atoms with Gasteiger partial charge in [-0.25, -0.2) is 0 Å². The SMILES string of the molecule is CCC(O)C(O)CN(C)c1ccc(S(=O)(=O)O)c2ccccc12. The highest BCUT2D eigenvalue weighted by Gasteiger charge is 2.20. The number of nitrogens with zero attached hydrogens (tertiary/aromatic N) is 1. The zero-order valence-corrected chi connectivity index (χ0v) is 13.9. The number of rotatable bonds is 6. The quantitative estimate of drug-likeness (QED) is 0.692. The fourth-order valence-electron chi connectivity index (χ4n) is 2.59. The van der Waals surface area contributed by atoms with Gasteiger partial charge in [-0.1, -0.05) is 31.2 Å². The summed E-state index contributed by atoms with van der Waals surface area (Å²) >= 11 is 0. The van der Waals surface area contributed by atoms with E-state index in [2.05, 4.69) is 0 Å². The lowest BCUT2D eigenvalue weighted by Gasteiger charge is -2.26. The summed E-state index contributed by atoms with van der Waals surface area (Å²) in [5, 5.41) is 20.7. The highest BCUT2D eigenvalue weighted by molar-refractivity contribution is 7.86. The van der Waals surface area contributed by atoms with Crippen LogP contribution in [0.2, 0.25) is 0 Å². The molecule has 6 nitrogen and oxygen atoms in total. The summed E-state index contributed by atoms with van der Waals surface area (Å²) in [5.41, 5.74) is 0.704. The van der Waals surface area contributed by atoms with Gasteiger partial charge in [0.1, 0.15) is 4.90 Å². The van der Waals surface area contributed by atoms with Gasteiger partial charge in [0.2, 0.25) is 0 Å². The second-order valence-electron chi connectivity index (χ2n) is 5.53. The largest absolute Gasteiger partial charge is 0.390 e. The lowest BCUT2D eigenvalue weighted by atomic mass is 10.1. The standard InChI is InChI=1S/C16H21NO5S/c1-3-14(18)15(19)10-17(2)13-8-9-16(23(20,21)22)12-7-5-4-6-11(12)13/h4-9,14-15,18-19H,3,10H2,1-2H3,(H,20,21,22). The molecule has 0 aliphatic carbocycles. The van der Waals surface area contributed by atoms with Crippen molar-refractivity contribution in [2.24, 2.45) is 0 Å². The summed E-state index contributed by atoms with van der Waals surface area (Å²) in [6.07, 6.45) is -1.29. The lowest BCUT2D eigenvalue weighted by Crippen LogP contribution is -2.37. The van der Waals surface area contributed by atoms with Crippen LogP contribution in [0.3, 0.4) is 0 Å². The maximum Gasteiger partial charge on any atom is 0.295 e. The van der Waals surface area contributed by atoms with Crippen LogP contribution in [0.25, 0.3) is 10.8 Å². The molecule has 2 rings (SSSR count). The molecule has 0 spiro atoms. The molecule has 23 heavy (non-hydrogen) atoms. The molecule has 0 radical (unpaired) electrons. The molecule has 2 aromatic carbocycles. The van der Waals surface area contributed by atoms with Gasteiger partial charge >= 0.3 is 0 Å². The first-order valence-corrected chi connectivity index (χ1v) is 8.76. The average molecular weight is 339 g/mol. The van der Waals surface area contributed by atoms with Crippen molar-refractivity contribution in [1.82, 2.24) is 0 Å². The third kappa shape index (κ3) is 3.81. The fourth-order valence-corrected chi connectivity index (χ4v) is 3.28. The van der Waals surface area contributed by atoms with Crippen LogP contribution >= 0.6 is 0 Å². The number of hydrogen-bond donors (Lipinski definition) is 3. The van der Waals surface area contributed by atoms with Crippen molar-refractivity contribution in [3.05, 3.63) is 36.4 Å². The molecular weight excluding hydrogens is 318 g/mol. The molecule has 7 heteroatoms. The van der Waals surface area contributed by atoms with E-state index < -0.39 is 22.3 Å². The van der Waals surface area contributed by atoms with Gasteiger partial charge in [0, 0.05) is 30.1 Å². The van der Waals surface area contributed by atoms with Crippen LogP contribution in [0.15, 0.2) is 41.3 Å². The van der Waals surface area contributed by atoms with Crippen molar-refractivity contribution in [2.75, 3.05) is 18.5 Å². The summed E-state index contributed by atoms with van der Waals surface area (Å²) in [6.45, 7) is 1.98. The summed E-state index contributed by atoms with van der Waals surface area (Å²) in [6, 6.07) is 9.75. The molecule has 3 N–H and O–H groups in total. The van der Waals surface area contributed by atoms with E-state index in [1.54, 1.807) is 49.2 Å². The van der Waals surface area contributed by atoms with Crippen LogP contribution in [-0.4, -0.2) is 49.0 Å². The van der Waals surface area contributed by atoms with E-state index in [-0.39, 0.29) is 11.4 Å². The number of aliphatic hydroxyl groups is 2. The van der Waals surface area contributed by atoms with Crippen LogP contribution in [0.5, 0.6) is 0 Å². The molecule has 2 unspecified atom stereocenters.